The lowest BCUT2D eigenvalue weighted by Gasteiger charge is -2.22. The number of hydrogen-bond donors (Lipinski definition) is 1. The van der Waals surface area contributed by atoms with Crippen LogP contribution >= 0.6 is 11.6 Å². The molecule has 4 rings (SSSR count). The molecule has 0 unspecified atom stereocenters. The van der Waals surface area contributed by atoms with Crippen molar-refractivity contribution in [2.24, 2.45) is 0 Å². The van der Waals surface area contributed by atoms with Gasteiger partial charge in [-0.05, 0) is 35.4 Å². The summed E-state index contributed by atoms with van der Waals surface area (Å²) in [6.07, 6.45) is 0. The van der Waals surface area contributed by atoms with E-state index in [-0.39, 0.29) is 23.7 Å². The molecule has 186 valence electrons. The van der Waals surface area contributed by atoms with Crippen molar-refractivity contribution in [3.05, 3.63) is 94.5 Å². The molecule has 8 nitrogen and oxygen atoms in total. The van der Waals surface area contributed by atoms with Crippen molar-refractivity contribution in [1.82, 2.24) is 4.90 Å². The van der Waals surface area contributed by atoms with Gasteiger partial charge in [-0.1, -0.05) is 60.1 Å². The van der Waals surface area contributed by atoms with Gasteiger partial charge in [0.05, 0.1) is 23.8 Å². The molecule has 0 atom stereocenters. The van der Waals surface area contributed by atoms with Crippen molar-refractivity contribution in [2.75, 3.05) is 31.2 Å². The van der Waals surface area contributed by atoms with Crippen LogP contribution in [0.2, 0.25) is 5.02 Å². The number of carboxylic acid groups (broad SMARTS) is 1. The number of hydrogen-bond acceptors (Lipinski definition) is 5. The third-order valence-corrected chi connectivity index (χ3v) is 5.95. The molecule has 0 radical (unpaired) electrons. The van der Waals surface area contributed by atoms with Gasteiger partial charge in [0.2, 0.25) is 5.91 Å². The van der Waals surface area contributed by atoms with E-state index in [0.29, 0.717) is 36.8 Å². The first kappa shape index (κ1) is 25.2. The van der Waals surface area contributed by atoms with E-state index in [2.05, 4.69) is 0 Å². The standard InChI is InChI=1S/C27H25ClN2O6/c28-23-14-21(36-13-12-35-18-19-6-2-1-3-7-19)10-11-22(23)27(34)30-16-25(31)29(17-26(32)33)15-20-8-4-5-9-24(20)30/h1-11,14H,12-13,15-18H2,(H,32,33). The number of nitrogens with zero attached hydrogens (tertiary/aromatic N) is 2. The Morgan fingerprint density at radius 2 is 1.69 bits per heavy atom. The van der Waals surface area contributed by atoms with E-state index in [9.17, 15) is 19.5 Å². The third-order valence-electron chi connectivity index (χ3n) is 5.64. The average Bonchev–Trinajstić information content (AvgIpc) is 3.00. The topological polar surface area (TPSA) is 96.4 Å². The highest BCUT2D eigenvalue weighted by Crippen LogP contribution is 2.30. The Labute approximate surface area is 213 Å². The lowest BCUT2D eigenvalue weighted by atomic mass is 10.1. The second-order valence-electron chi connectivity index (χ2n) is 8.19. The summed E-state index contributed by atoms with van der Waals surface area (Å²) in [5.74, 6) is -1.56. The van der Waals surface area contributed by atoms with Gasteiger partial charge in [0, 0.05) is 12.2 Å². The Balaban J connectivity index is 1.42. The summed E-state index contributed by atoms with van der Waals surface area (Å²) >= 11 is 6.43. The lowest BCUT2D eigenvalue weighted by molar-refractivity contribution is -0.144. The molecule has 0 aromatic heterocycles. The summed E-state index contributed by atoms with van der Waals surface area (Å²) in [5, 5.41) is 9.35. The van der Waals surface area contributed by atoms with Crippen LogP contribution in [0.15, 0.2) is 72.8 Å². The summed E-state index contributed by atoms with van der Waals surface area (Å²) in [6.45, 7) is 0.528. The molecular formula is C27H25ClN2O6. The number of anilines is 1. The fourth-order valence-electron chi connectivity index (χ4n) is 3.90. The second-order valence-corrected chi connectivity index (χ2v) is 8.60. The Kier molecular flexibility index (Phi) is 8.20. The number of carbonyl (C=O) groups is 3. The van der Waals surface area contributed by atoms with E-state index in [1.807, 2.05) is 30.3 Å². The van der Waals surface area contributed by atoms with Gasteiger partial charge < -0.3 is 19.5 Å². The summed E-state index contributed by atoms with van der Waals surface area (Å²) in [5.41, 5.74) is 2.49. The van der Waals surface area contributed by atoms with Crippen molar-refractivity contribution in [3.8, 4) is 5.75 Å². The number of amides is 2. The van der Waals surface area contributed by atoms with Crippen molar-refractivity contribution >= 4 is 35.1 Å². The average molecular weight is 509 g/mol. The van der Waals surface area contributed by atoms with Gasteiger partial charge >= 0.3 is 5.97 Å². The van der Waals surface area contributed by atoms with E-state index in [1.165, 1.54) is 9.80 Å². The second kappa shape index (κ2) is 11.7. The van der Waals surface area contributed by atoms with Crippen LogP contribution in [0.25, 0.3) is 0 Å². The number of benzene rings is 3. The Bertz CT molecular complexity index is 1250. The number of rotatable bonds is 9. The SMILES string of the molecule is O=C(O)CN1Cc2ccccc2N(C(=O)c2ccc(OCCOCc3ccccc3)cc2Cl)CC1=O. The molecular weight excluding hydrogens is 484 g/mol. The maximum absolute atomic E-state index is 13.4. The molecule has 0 fully saturated rings. The first-order valence-corrected chi connectivity index (χ1v) is 11.7. The first-order chi connectivity index (χ1) is 17.4. The van der Waals surface area contributed by atoms with Gasteiger partial charge in [-0.3, -0.25) is 19.3 Å². The van der Waals surface area contributed by atoms with Crippen molar-refractivity contribution in [2.45, 2.75) is 13.2 Å². The largest absolute Gasteiger partial charge is 0.491 e. The molecule has 3 aromatic carbocycles. The molecule has 0 spiro atoms. The van der Waals surface area contributed by atoms with Crippen LogP contribution in [0.4, 0.5) is 5.69 Å². The third kappa shape index (κ3) is 6.21. The monoisotopic (exact) mass is 508 g/mol. The molecule has 1 N–H and O–H groups in total. The highest BCUT2D eigenvalue weighted by Gasteiger charge is 2.31. The highest BCUT2D eigenvalue weighted by molar-refractivity contribution is 6.34. The van der Waals surface area contributed by atoms with Crippen LogP contribution in [-0.4, -0.2) is 54.1 Å². The smallest absolute Gasteiger partial charge is 0.323 e. The molecule has 1 heterocycles. The molecule has 0 saturated heterocycles. The number of halogens is 1. The van der Waals surface area contributed by atoms with Gasteiger partial charge in [-0.25, -0.2) is 0 Å². The summed E-state index contributed by atoms with van der Waals surface area (Å²) in [7, 11) is 0. The zero-order chi connectivity index (χ0) is 25.5. The summed E-state index contributed by atoms with van der Waals surface area (Å²) < 4.78 is 11.3. The zero-order valence-electron chi connectivity index (χ0n) is 19.4. The van der Waals surface area contributed by atoms with E-state index in [0.717, 1.165) is 5.56 Å². The van der Waals surface area contributed by atoms with Gasteiger partial charge in [-0.2, -0.15) is 0 Å². The summed E-state index contributed by atoms with van der Waals surface area (Å²) in [6, 6.07) is 21.6. The van der Waals surface area contributed by atoms with Crippen molar-refractivity contribution in [1.29, 1.82) is 0 Å². The maximum atomic E-state index is 13.4. The molecule has 2 amide bonds. The molecule has 0 saturated carbocycles. The van der Waals surface area contributed by atoms with Gasteiger partial charge in [0.15, 0.2) is 0 Å². The van der Waals surface area contributed by atoms with Crippen LogP contribution < -0.4 is 9.64 Å². The van der Waals surface area contributed by atoms with Gasteiger partial charge in [-0.15, -0.1) is 0 Å². The number of ether oxygens (including phenoxy) is 2. The number of aliphatic carboxylic acids is 1. The minimum absolute atomic E-state index is 0.0952. The number of carbonyl (C=O) groups excluding carboxylic acids is 2. The Morgan fingerprint density at radius 1 is 0.944 bits per heavy atom. The van der Waals surface area contributed by atoms with Crippen LogP contribution in [0, 0.1) is 0 Å². The van der Waals surface area contributed by atoms with Crippen molar-refractivity contribution in [3.63, 3.8) is 0 Å². The minimum atomic E-state index is -1.12. The van der Waals surface area contributed by atoms with E-state index in [4.69, 9.17) is 21.1 Å². The molecule has 9 heteroatoms. The predicted octanol–water partition coefficient (Wildman–Crippen LogP) is 4.01. The van der Waals surface area contributed by atoms with E-state index in [1.54, 1.807) is 42.5 Å². The van der Waals surface area contributed by atoms with Crippen LogP contribution in [-0.2, 0) is 27.5 Å². The van der Waals surface area contributed by atoms with Gasteiger partial charge in [0.1, 0.15) is 25.4 Å². The maximum Gasteiger partial charge on any atom is 0.323 e. The van der Waals surface area contributed by atoms with E-state index >= 15 is 0 Å². The molecule has 3 aromatic rings. The predicted molar refractivity (Wildman–Crippen MR) is 134 cm³/mol. The number of carboxylic acids is 1. The molecule has 0 aliphatic carbocycles. The van der Waals surface area contributed by atoms with Crippen LogP contribution in [0.5, 0.6) is 5.75 Å². The first-order valence-electron chi connectivity index (χ1n) is 11.4. The Morgan fingerprint density at radius 3 is 2.44 bits per heavy atom. The quantitative estimate of drug-likeness (QED) is 0.439. The highest BCUT2D eigenvalue weighted by atomic mass is 35.5. The molecule has 0 bridgehead atoms. The van der Waals surface area contributed by atoms with Crippen LogP contribution in [0.3, 0.4) is 0 Å². The molecule has 1 aliphatic heterocycles. The lowest BCUT2D eigenvalue weighted by Crippen LogP contribution is -2.42. The minimum Gasteiger partial charge on any atom is -0.491 e. The fraction of sp³-hybridized carbons (Fsp3) is 0.222. The van der Waals surface area contributed by atoms with E-state index < -0.39 is 24.3 Å². The number of fused-ring (bicyclic) bond motifs is 1. The zero-order valence-corrected chi connectivity index (χ0v) is 20.2. The fourth-order valence-corrected chi connectivity index (χ4v) is 4.15. The van der Waals surface area contributed by atoms with Crippen molar-refractivity contribution < 1.29 is 29.0 Å². The molecule has 1 aliphatic rings. The summed E-state index contributed by atoms with van der Waals surface area (Å²) in [4.78, 5) is 40.0. The Hall–Kier alpha value is -3.88. The normalized spacial score (nSPS) is 13.2. The molecule has 36 heavy (non-hydrogen) atoms. The van der Waals surface area contributed by atoms with Crippen LogP contribution in [0.1, 0.15) is 21.5 Å². The number of para-hydroxylation sites is 1. The van der Waals surface area contributed by atoms with Gasteiger partial charge in [0.25, 0.3) is 5.91 Å².